The molecule has 1 unspecified atom stereocenters. The molecule has 0 aromatic carbocycles. The maximum Gasteiger partial charge on any atom is 0.322 e. The number of nitrogens with zero attached hydrogens (tertiary/aromatic N) is 3. The molecular weight excluding hydrogens is 260 g/mol. The molecule has 96 valence electrons. The molecule has 0 aliphatic carbocycles. The summed E-state index contributed by atoms with van der Waals surface area (Å²) in [6, 6.07) is 0.249. The van der Waals surface area contributed by atoms with Gasteiger partial charge < -0.3 is 10.1 Å². The second kappa shape index (κ2) is 6.86. The van der Waals surface area contributed by atoms with Crippen LogP contribution in [0.3, 0.4) is 0 Å². The molecule has 17 heavy (non-hydrogen) atoms. The summed E-state index contributed by atoms with van der Waals surface area (Å²) in [5.74, 6) is 0.446. The van der Waals surface area contributed by atoms with Gasteiger partial charge in [0.1, 0.15) is 0 Å². The van der Waals surface area contributed by atoms with Crippen molar-refractivity contribution >= 4 is 29.3 Å². The Morgan fingerprint density at radius 3 is 2.59 bits per heavy atom. The number of ether oxygens (including phenoxy) is 1. The average molecular weight is 277 g/mol. The number of hydrogen-bond donors (Lipinski definition) is 1. The Labute approximate surface area is 111 Å². The average Bonchev–Trinajstić information content (AvgIpc) is 2.24. The van der Waals surface area contributed by atoms with E-state index in [1.54, 1.807) is 11.8 Å². The van der Waals surface area contributed by atoms with Gasteiger partial charge in [-0.05, 0) is 31.7 Å². The van der Waals surface area contributed by atoms with E-state index in [9.17, 15) is 0 Å². The number of anilines is 1. The molecule has 1 atom stereocenters. The van der Waals surface area contributed by atoms with Gasteiger partial charge in [-0.15, -0.1) is 0 Å². The van der Waals surface area contributed by atoms with Crippen LogP contribution in [0.4, 0.5) is 5.95 Å². The molecule has 0 fully saturated rings. The molecule has 1 aromatic heterocycles. The van der Waals surface area contributed by atoms with E-state index in [0.29, 0.717) is 11.2 Å². The van der Waals surface area contributed by atoms with E-state index in [2.05, 4.69) is 33.4 Å². The predicted molar refractivity (Wildman–Crippen MR) is 72.1 cm³/mol. The quantitative estimate of drug-likeness (QED) is 0.861. The molecule has 7 heteroatoms. The van der Waals surface area contributed by atoms with Gasteiger partial charge in [0, 0.05) is 11.8 Å². The van der Waals surface area contributed by atoms with Crippen LogP contribution in [0.1, 0.15) is 20.8 Å². The maximum absolute atomic E-state index is 5.80. The van der Waals surface area contributed by atoms with Crippen molar-refractivity contribution in [3.8, 4) is 6.01 Å². The Balaban J connectivity index is 2.68. The molecule has 0 aliphatic heterocycles. The van der Waals surface area contributed by atoms with E-state index in [4.69, 9.17) is 16.3 Å². The zero-order valence-corrected chi connectivity index (χ0v) is 12.0. The number of rotatable bonds is 6. The number of halogens is 1. The highest BCUT2D eigenvalue weighted by Gasteiger charge is 2.08. The minimum Gasteiger partial charge on any atom is -0.461 e. The predicted octanol–water partition coefficient (Wildman–Crippen LogP) is 2.48. The largest absolute Gasteiger partial charge is 0.461 e. The fourth-order valence-corrected chi connectivity index (χ4v) is 1.40. The SMILES string of the molecule is CSC(C)CNc1nc(Cl)nc(OC(C)C)n1. The summed E-state index contributed by atoms with van der Waals surface area (Å²) < 4.78 is 5.38. The molecule has 0 amide bonds. The standard InChI is InChI=1S/C10H17ClN4OS/c1-6(2)16-10-14-8(11)13-9(15-10)12-5-7(3)17-4/h6-7H,5H2,1-4H3,(H,12,13,14,15). The smallest absolute Gasteiger partial charge is 0.322 e. The second-order valence-corrected chi connectivity index (χ2v) is 5.42. The summed E-state index contributed by atoms with van der Waals surface area (Å²) in [5.41, 5.74) is 0. The van der Waals surface area contributed by atoms with Gasteiger partial charge >= 0.3 is 6.01 Å². The number of thioether (sulfide) groups is 1. The first-order valence-corrected chi connectivity index (χ1v) is 7.02. The van der Waals surface area contributed by atoms with Gasteiger partial charge in [-0.2, -0.15) is 26.7 Å². The third-order valence-corrected chi connectivity index (χ3v) is 3.02. The van der Waals surface area contributed by atoms with Crippen LogP contribution in [0.25, 0.3) is 0 Å². The zero-order valence-electron chi connectivity index (χ0n) is 10.4. The van der Waals surface area contributed by atoms with Crippen LogP contribution in [0.5, 0.6) is 6.01 Å². The van der Waals surface area contributed by atoms with Gasteiger partial charge in [-0.25, -0.2) is 0 Å². The molecule has 0 saturated carbocycles. The summed E-state index contributed by atoms with van der Waals surface area (Å²) >= 11 is 7.56. The zero-order chi connectivity index (χ0) is 12.8. The van der Waals surface area contributed by atoms with Crippen molar-refractivity contribution in [1.82, 2.24) is 15.0 Å². The molecule has 0 radical (unpaired) electrons. The van der Waals surface area contributed by atoms with E-state index < -0.39 is 0 Å². The molecule has 0 bridgehead atoms. The van der Waals surface area contributed by atoms with Gasteiger partial charge in [0.05, 0.1) is 6.10 Å². The normalized spacial score (nSPS) is 12.6. The molecule has 5 nitrogen and oxygen atoms in total. The van der Waals surface area contributed by atoms with Crippen molar-refractivity contribution in [2.45, 2.75) is 32.1 Å². The summed E-state index contributed by atoms with van der Waals surface area (Å²) in [6.45, 7) is 6.69. The summed E-state index contributed by atoms with van der Waals surface area (Å²) in [7, 11) is 0. The molecule has 1 aromatic rings. The van der Waals surface area contributed by atoms with Gasteiger partial charge in [-0.1, -0.05) is 6.92 Å². The molecule has 0 saturated heterocycles. The summed E-state index contributed by atoms with van der Waals surface area (Å²) in [5, 5.41) is 3.71. The van der Waals surface area contributed by atoms with Crippen LogP contribution in [0, 0.1) is 0 Å². The lowest BCUT2D eigenvalue weighted by molar-refractivity contribution is 0.222. The van der Waals surface area contributed by atoms with E-state index in [-0.39, 0.29) is 17.4 Å². The van der Waals surface area contributed by atoms with E-state index in [1.807, 2.05) is 13.8 Å². The molecule has 1 rings (SSSR count). The Hall–Kier alpha value is -0.750. The lowest BCUT2D eigenvalue weighted by Gasteiger charge is -2.11. The topological polar surface area (TPSA) is 59.9 Å². The van der Waals surface area contributed by atoms with E-state index >= 15 is 0 Å². The highest BCUT2D eigenvalue weighted by atomic mass is 35.5. The van der Waals surface area contributed by atoms with E-state index in [1.165, 1.54) is 0 Å². The molecule has 0 spiro atoms. The van der Waals surface area contributed by atoms with E-state index in [0.717, 1.165) is 6.54 Å². The van der Waals surface area contributed by atoms with Crippen LogP contribution in [0.2, 0.25) is 5.28 Å². The Bertz CT molecular complexity index is 364. The Kier molecular flexibility index (Phi) is 5.77. The fraction of sp³-hybridized carbons (Fsp3) is 0.700. The Morgan fingerprint density at radius 2 is 2.00 bits per heavy atom. The van der Waals surface area contributed by atoms with Crippen molar-refractivity contribution in [3.63, 3.8) is 0 Å². The Morgan fingerprint density at radius 1 is 1.29 bits per heavy atom. The number of nitrogens with one attached hydrogen (secondary N) is 1. The van der Waals surface area contributed by atoms with Crippen LogP contribution < -0.4 is 10.1 Å². The lowest BCUT2D eigenvalue weighted by Crippen LogP contribution is -2.16. The van der Waals surface area contributed by atoms with Crippen molar-refractivity contribution in [3.05, 3.63) is 5.28 Å². The summed E-state index contributed by atoms with van der Waals surface area (Å²) in [6.07, 6.45) is 2.06. The van der Waals surface area contributed by atoms with Crippen molar-refractivity contribution in [2.24, 2.45) is 0 Å². The minimum absolute atomic E-state index is 0.00596. The van der Waals surface area contributed by atoms with Crippen molar-refractivity contribution in [1.29, 1.82) is 0 Å². The molecular formula is C10H17ClN4OS. The second-order valence-electron chi connectivity index (χ2n) is 3.80. The maximum atomic E-state index is 5.80. The summed E-state index contributed by atoms with van der Waals surface area (Å²) in [4.78, 5) is 12.0. The van der Waals surface area contributed by atoms with Crippen LogP contribution in [-0.4, -0.2) is 39.1 Å². The third kappa shape index (κ3) is 5.41. The minimum atomic E-state index is 0.00596. The van der Waals surface area contributed by atoms with Gasteiger partial charge in [0.15, 0.2) is 0 Å². The number of aromatic nitrogens is 3. The molecule has 0 aliphatic rings. The number of hydrogen-bond acceptors (Lipinski definition) is 6. The molecule has 1 N–H and O–H groups in total. The van der Waals surface area contributed by atoms with Crippen LogP contribution in [0.15, 0.2) is 0 Å². The van der Waals surface area contributed by atoms with Gasteiger partial charge in [-0.3, -0.25) is 0 Å². The monoisotopic (exact) mass is 276 g/mol. The van der Waals surface area contributed by atoms with Crippen LogP contribution >= 0.6 is 23.4 Å². The first-order chi connectivity index (χ1) is 8.01. The van der Waals surface area contributed by atoms with Crippen LogP contribution in [-0.2, 0) is 0 Å². The highest BCUT2D eigenvalue weighted by molar-refractivity contribution is 7.99. The first-order valence-electron chi connectivity index (χ1n) is 5.36. The first kappa shape index (κ1) is 14.3. The fourth-order valence-electron chi connectivity index (χ4n) is 0.993. The van der Waals surface area contributed by atoms with Gasteiger partial charge in [0.25, 0.3) is 0 Å². The van der Waals surface area contributed by atoms with Crippen molar-refractivity contribution < 1.29 is 4.74 Å². The third-order valence-electron chi connectivity index (χ3n) is 1.88. The van der Waals surface area contributed by atoms with Gasteiger partial charge in [0.2, 0.25) is 11.2 Å². The highest BCUT2D eigenvalue weighted by Crippen LogP contribution is 2.13. The lowest BCUT2D eigenvalue weighted by atomic mass is 10.5. The molecule has 1 heterocycles. The van der Waals surface area contributed by atoms with Crippen molar-refractivity contribution in [2.75, 3.05) is 18.1 Å².